The minimum Gasteiger partial charge on any atom is -0.324 e. The summed E-state index contributed by atoms with van der Waals surface area (Å²) in [5, 5.41) is 4.40. The molecule has 0 amide bonds. The van der Waals surface area contributed by atoms with Crippen molar-refractivity contribution in [3.05, 3.63) is 49.7 Å². The van der Waals surface area contributed by atoms with Gasteiger partial charge in [0.2, 0.25) is 0 Å². The second kappa shape index (κ2) is 5.77. The van der Waals surface area contributed by atoms with Crippen LogP contribution < -0.4 is 5.73 Å². The summed E-state index contributed by atoms with van der Waals surface area (Å²) in [6, 6.07) is 6.21. The Balaban J connectivity index is 2.28. The van der Waals surface area contributed by atoms with Crippen molar-refractivity contribution in [3.63, 3.8) is 0 Å². The molecular weight excluding hydrogens is 370 g/mol. The zero-order chi connectivity index (χ0) is 14.2. The van der Waals surface area contributed by atoms with Crippen molar-refractivity contribution in [1.29, 1.82) is 0 Å². The molecule has 0 saturated heterocycles. The van der Waals surface area contributed by atoms with Gasteiger partial charge in [0.1, 0.15) is 0 Å². The summed E-state index contributed by atoms with van der Waals surface area (Å²) in [4.78, 5) is 0. The minimum absolute atomic E-state index is 0.0546. The smallest absolute Gasteiger partial charge is 0.0738 e. The normalized spacial score (nSPS) is 12.7. The van der Waals surface area contributed by atoms with Crippen LogP contribution in [0.2, 0.25) is 0 Å². The molecule has 0 bridgehead atoms. The third-order valence-corrected chi connectivity index (χ3v) is 4.95. The Morgan fingerprint density at radius 2 is 2.00 bits per heavy atom. The van der Waals surface area contributed by atoms with Crippen molar-refractivity contribution in [1.82, 2.24) is 9.78 Å². The van der Waals surface area contributed by atoms with Crippen LogP contribution in [0.1, 0.15) is 28.6 Å². The first-order valence-corrected chi connectivity index (χ1v) is 7.68. The maximum Gasteiger partial charge on any atom is 0.0738 e. The molecule has 3 nitrogen and oxygen atoms in total. The summed E-state index contributed by atoms with van der Waals surface area (Å²) in [6.07, 6.45) is 0.750. The summed E-state index contributed by atoms with van der Waals surface area (Å²) in [5.41, 5.74) is 10.8. The van der Waals surface area contributed by atoms with E-state index < -0.39 is 0 Å². The molecule has 2 rings (SSSR count). The van der Waals surface area contributed by atoms with Crippen LogP contribution in [0, 0.1) is 13.8 Å². The first-order valence-electron chi connectivity index (χ1n) is 6.09. The summed E-state index contributed by atoms with van der Waals surface area (Å²) in [5.74, 6) is 0. The fourth-order valence-corrected chi connectivity index (χ4v) is 3.44. The molecule has 1 aromatic carbocycles. The van der Waals surface area contributed by atoms with E-state index in [1.807, 2.05) is 18.7 Å². The molecule has 1 aromatic heterocycles. The Labute approximate surface area is 130 Å². The van der Waals surface area contributed by atoms with E-state index in [-0.39, 0.29) is 6.04 Å². The number of aromatic nitrogens is 2. The van der Waals surface area contributed by atoms with Crippen molar-refractivity contribution in [2.24, 2.45) is 12.8 Å². The Morgan fingerprint density at radius 1 is 1.32 bits per heavy atom. The Kier molecular flexibility index (Phi) is 4.48. The maximum atomic E-state index is 6.33. The lowest BCUT2D eigenvalue weighted by molar-refractivity contribution is 0.637. The molecule has 2 N–H and O–H groups in total. The van der Waals surface area contributed by atoms with Gasteiger partial charge in [-0.05, 0) is 47.0 Å². The van der Waals surface area contributed by atoms with Gasteiger partial charge >= 0.3 is 0 Å². The van der Waals surface area contributed by atoms with Gasteiger partial charge < -0.3 is 5.73 Å². The number of aryl methyl sites for hydroxylation is 3. The van der Waals surface area contributed by atoms with Crippen molar-refractivity contribution in [2.45, 2.75) is 26.3 Å². The highest BCUT2D eigenvalue weighted by Gasteiger charge is 2.17. The highest BCUT2D eigenvalue weighted by molar-refractivity contribution is 9.10. The number of nitrogens with zero attached hydrogens (tertiary/aromatic N) is 2. The molecule has 0 aliphatic heterocycles. The van der Waals surface area contributed by atoms with E-state index in [4.69, 9.17) is 5.73 Å². The molecule has 5 heteroatoms. The van der Waals surface area contributed by atoms with E-state index in [1.165, 1.54) is 5.56 Å². The lowest BCUT2D eigenvalue weighted by Crippen LogP contribution is -2.16. The molecule has 19 heavy (non-hydrogen) atoms. The number of hydrogen-bond donors (Lipinski definition) is 1. The summed E-state index contributed by atoms with van der Waals surface area (Å²) in [7, 11) is 1.95. The van der Waals surface area contributed by atoms with Gasteiger partial charge in [-0.1, -0.05) is 28.1 Å². The van der Waals surface area contributed by atoms with Crippen molar-refractivity contribution >= 4 is 31.9 Å². The van der Waals surface area contributed by atoms with Gasteiger partial charge in [0.15, 0.2) is 0 Å². The predicted octanol–water partition coefficient (Wildman–Crippen LogP) is 3.80. The average molecular weight is 387 g/mol. The Morgan fingerprint density at radius 3 is 2.53 bits per heavy atom. The standard InChI is InChI=1S/C14H17Br2N3/c1-8-4-5-10(11(15)6-8)12(17)7-13-14(16)9(2)18-19(13)3/h4-6,12H,7,17H2,1-3H3. The molecular formula is C14H17Br2N3. The van der Waals surface area contributed by atoms with E-state index in [9.17, 15) is 0 Å². The quantitative estimate of drug-likeness (QED) is 0.871. The van der Waals surface area contributed by atoms with E-state index >= 15 is 0 Å². The zero-order valence-corrected chi connectivity index (χ0v) is 14.4. The lowest BCUT2D eigenvalue weighted by Gasteiger charge is -2.15. The van der Waals surface area contributed by atoms with Crippen LogP contribution in [-0.2, 0) is 13.5 Å². The molecule has 1 atom stereocenters. The molecule has 0 radical (unpaired) electrons. The van der Waals surface area contributed by atoms with E-state index in [2.05, 4.69) is 62.1 Å². The number of nitrogens with two attached hydrogens (primary N) is 1. The molecule has 102 valence electrons. The van der Waals surface area contributed by atoms with Gasteiger partial charge in [-0.25, -0.2) is 0 Å². The molecule has 1 unspecified atom stereocenters. The van der Waals surface area contributed by atoms with Crippen molar-refractivity contribution < 1.29 is 0 Å². The highest BCUT2D eigenvalue weighted by atomic mass is 79.9. The SMILES string of the molecule is Cc1ccc(C(N)Cc2c(Br)c(C)nn2C)c(Br)c1. The molecule has 2 aromatic rings. The Hall–Kier alpha value is -0.650. The molecule has 1 heterocycles. The third kappa shape index (κ3) is 3.09. The van der Waals surface area contributed by atoms with Crippen LogP contribution in [0.25, 0.3) is 0 Å². The fraction of sp³-hybridized carbons (Fsp3) is 0.357. The highest BCUT2D eigenvalue weighted by Crippen LogP contribution is 2.28. The second-order valence-corrected chi connectivity index (χ2v) is 6.45. The topological polar surface area (TPSA) is 43.8 Å². The summed E-state index contributed by atoms with van der Waals surface area (Å²) >= 11 is 7.17. The van der Waals surface area contributed by atoms with Crippen molar-refractivity contribution in [3.8, 4) is 0 Å². The summed E-state index contributed by atoms with van der Waals surface area (Å²) in [6.45, 7) is 4.06. The first-order chi connectivity index (χ1) is 8.90. The summed E-state index contributed by atoms with van der Waals surface area (Å²) < 4.78 is 4.00. The van der Waals surface area contributed by atoms with Gasteiger partial charge in [0, 0.05) is 24.0 Å². The average Bonchev–Trinajstić information content (AvgIpc) is 2.56. The molecule has 0 saturated carbocycles. The Bertz CT molecular complexity index is 605. The minimum atomic E-state index is -0.0546. The second-order valence-electron chi connectivity index (χ2n) is 4.81. The van der Waals surface area contributed by atoms with E-state index in [0.717, 1.165) is 32.3 Å². The van der Waals surface area contributed by atoms with Gasteiger partial charge in [0.25, 0.3) is 0 Å². The van der Waals surface area contributed by atoms with Crippen LogP contribution in [0.15, 0.2) is 27.1 Å². The van der Waals surface area contributed by atoms with Gasteiger partial charge in [0.05, 0.1) is 15.9 Å². The van der Waals surface area contributed by atoms with E-state index in [1.54, 1.807) is 0 Å². The van der Waals surface area contributed by atoms with Gasteiger partial charge in [-0.15, -0.1) is 0 Å². The monoisotopic (exact) mass is 385 g/mol. The number of hydrogen-bond acceptors (Lipinski definition) is 2. The van der Waals surface area contributed by atoms with E-state index in [0.29, 0.717) is 0 Å². The van der Waals surface area contributed by atoms with Gasteiger partial charge in [-0.2, -0.15) is 5.10 Å². The molecule has 0 spiro atoms. The van der Waals surface area contributed by atoms with Gasteiger partial charge in [-0.3, -0.25) is 4.68 Å². The van der Waals surface area contributed by atoms with Crippen molar-refractivity contribution in [2.75, 3.05) is 0 Å². The zero-order valence-electron chi connectivity index (χ0n) is 11.2. The molecule has 0 aliphatic rings. The predicted molar refractivity (Wildman–Crippen MR) is 85.2 cm³/mol. The first kappa shape index (κ1) is 14.8. The third-order valence-electron chi connectivity index (χ3n) is 3.23. The van der Waals surface area contributed by atoms with Crippen LogP contribution in [-0.4, -0.2) is 9.78 Å². The van der Waals surface area contributed by atoms with Crippen LogP contribution in [0.5, 0.6) is 0 Å². The molecule has 0 fully saturated rings. The van der Waals surface area contributed by atoms with Crippen LogP contribution in [0.4, 0.5) is 0 Å². The number of benzene rings is 1. The van der Waals surface area contributed by atoms with Crippen LogP contribution in [0.3, 0.4) is 0 Å². The maximum absolute atomic E-state index is 6.33. The largest absolute Gasteiger partial charge is 0.324 e. The number of halogens is 2. The lowest BCUT2D eigenvalue weighted by atomic mass is 10.0. The molecule has 0 aliphatic carbocycles. The fourth-order valence-electron chi connectivity index (χ4n) is 2.15. The number of rotatable bonds is 3. The van der Waals surface area contributed by atoms with Crippen LogP contribution >= 0.6 is 31.9 Å².